The first kappa shape index (κ1) is 16.0. The minimum atomic E-state index is -0.443. The molecule has 0 spiro atoms. The van der Waals surface area contributed by atoms with Crippen molar-refractivity contribution in [2.24, 2.45) is 5.10 Å². The van der Waals surface area contributed by atoms with Gasteiger partial charge in [0, 0.05) is 10.9 Å². The van der Waals surface area contributed by atoms with Gasteiger partial charge in [-0.05, 0) is 37.3 Å². The summed E-state index contributed by atoms with van der Waals surface area (Å²) in [6.45, 7) is 1.77. The number of anilines is 1. The van der Waals surface area contributed by atoms with Crippen LogP contribution in [0, 0.1) is 5.82 Å². The second-order valence-electron chi connectivity index (χ2n) is 5.66. The van der Waals surface area contributed by atoms with Crippen molar-refractivity contribution in [3.8, 4) is 5.75 Å². The van der Waals surface area contributed by atoms with E-state index in [1.54, 1.807) is 19.1 Å². The SMILES string of the molecule is COc1ccc(/C(C)=N\Nc2ncnc3c2oc2ccccc23)cc1F. The van der Waals surface area contributed by atoms with Crippen LogP contribution in [-0.2, 0) is 0 Å². The first-order valence-corrected chi connectivity index (χ1v) is 7.94. The zero-order valence-corrected chi connectivity index (χ0v) is 14.2. The van der Waals surface area contributed by atoms with Crippen LogP contribution in [0.2, 0.25) is 0 Å². The largest absolute Gasteiger partial charge is 0.494 e. The van der Waals surface area contributed by atoms with E-state index in [4.69, 9.17) is 9.15 Å². The third-order valence-corrected chi connectivity index (χ3v) is 4.06. The number of ether oxygens (including phenoxy) is 1. The lowest BCUT2D eigenvalue weighted by atomic mass is 10.1. The molecule has 0 aliphatic heterocycles. The van der Waals surface area contributed by atoms with Gasteiger partial charge in [0.05, 0.1) is 12.8 Å². The topological polar surface area (TPSA) is 72.5 Å². The summed E-state index contributed by atoms with van der Waals surface area (Å²) >= 11 is 0. The second-order valence-corrected chi connectivity index (χ2v) is 5.66. The van der Waals surface area contributed by atoms with E-state index >= 15 is 0 Å². The molecule has 0 fully saturated rings. The van der Waals surface area contributed by atoms with Crippen molar-refractivity contribution < 1.29 is 13.5 Å². The van der Waals surface area contributed by atoms with Crippen molar-refractivity contribution in [1.29, 1.82) is 0 Å². The number of hydrogen-bond acceptors (Lipinski definition) is 6. The Hall–Kier alpha value is -3.48. The van der Waals surface area contributed by atoms with Gasteiger partial charge in [-0.3, -0.25) is 5.43 Å². The van der Waals surface area contributed by atoms with E-state index < -0.39 is 5.82 Å². The van der Waals surface area contributed by atoms with Crippen LogP contribution < -0.4 is 10.2 Å². The normalized spacial score (nSPS) is 11.9. The number of hydrazone groups is 1. The first-order chi connectivity index (χ1) is 12.7. The van der Waals surface area contributed by atoms with Gasteiger partial charge in [0.25, 0.3) is 0 Å². The van der Waals surface area contributed by atoms with Gasteiger partial charge in [-0.15, -0.1) is 0 Å². The van der Waals surface area contributed by atoms with Crippen LogP contribution in [0.25, 0.3) is 22.1 Å². The molecule has 0 radical (unpaired) electrons. The highest BCUT2D eigenvalue weighted by atomic mass is 19.1. The summed E-state index contributed by atoms with van der Waals surface area (Å²) in [6, 6.07) is 12.3. The molecule has 0 saturated heterocycles. The smallest absolute Gasteiger partial charge is 0.197 e. The van der Waals surface area contributed by atoms with E-state index in [-0.39, 0.29) is 5.75 Å². The van der Waals surface area contributed by atoms with E-state index in [1.165, 1.54) is 19.5 Å². The first-order valence-electron chi connectivity index (χ1n) is 7.94. The maximum atomic E-state index is 13.9. The summed E-state index contributed by atoms with van der Waals surface area (Å²) in [5.74, 6) is 0.190. The van der Waals surface area contributed by atoms with E-state index in [0.29, 0.717) is 28.2 Å². The Kier molecular flexibility index (Phi) is 3.96. The third-order valence-electron chi connectivity index (χ3n) is 4.06. The lowest BCUT2D eigenvalue weighted by Gasteiger charge is -2.06. The van der Waals surface area contributed by atoms with Crippen molar-refractivity contribution in [3.63, 3.8) is 0 Å². The van der Waals surface area contributed by atoms with Gasteiger partial charge < -0.3 is 9.15 Å². The summed E-state index contributed by atoms with van der Waals surface area (Å²) in [5, 5.41) is 5.20. The zero-order chi connectivity index (χ0) is 18.1. The number of para-hydroxylation sites is 1. The maximum Gasteiger partial charge on any atom is 0.197 e. The fourth-order valence-electron chi connectivity index (χ4n) is 2.70. The molecule has 0 aliphatic carbocycles. The highest BCUT2D eigenvalue weighted by molar-refractivity contribution is 6.05. The maximum absolute atomic E-state index is 13.9. The van der Waals surface area contributed by atoms with Gasteiger partial charge in [-0.25, -0.2) is 14.4 Å². The Morgan fingerprint density at radius 2 is 2.04 bits per heavy atom. The Morgan fingerprint density at radius 1 is 1.19 bits per heavy atom. The molecule has 2 aromatic heterocycles. The number of aromatic nitrogens is 2. The number of nitrogens with one attached hydrogen (secondary N) is 1. The molecule has 130 valence electrons. The molecule has 26 heavy (non-hydrogen) atoms. The molecule has 0 atom stereocenters. The molecule has 6 nitrogen and oxygen atoms in total. The van der Waals surface area contributed by atoms with Crippen molar-refractivity contribution >= 4 is 33.6 Å². The van der Waals surface area contributed by atoms with Crippen LogP contribution >= 0.6 is 0 Å². The van der Waals surface area contributed by atoms with Gasteiger partial charge in [-0.2, -0.15) is 5.10 Å². The van der Waals surface area contributed by atoms with Crippen molar-refractivity contribution in [3.05, 3.63) is 60.2 Å². The number of hydrogen-bond donors (Lipinski definition) is 1. The van der Waals surface area contributed by atoms with Crippen molar-refractivity contribution in [2.45, 2.75) is 6.92 Å². The summed E-state index contributed by atoms with van der Waals surface area (Å²) in [6.07, 6.45) is 1.45. The van der Waals surface area contributed by atoms with E-state index in [0.717, 1.165) is 11.0 Å². The highest BCUT2D eigenvalue weighted by Crippen LogP contribution is 2.30. The van der Waals surface area contributed by atoms with Crippen LogP contribution in [0.1, 0.15) is 12.5 Å². The molecule has 0 amide bonds. The van der Waals surface area contributed by atoms with Crippen molar-refractivity contribution in [1.82, 2.24) is 9.97 Å². The van der Waals surface area contributed by atoms with Crippen LogP contribution in [0.4, 0.5) is 10.2 Å². The number of methoxy groups -OCH3 is 1. The van der Waals surface area contributed by atoms with Crippen molar-refractivity contribution in [2.75, 3.05) is 12.5 Å². The number of halogens is 1. The van der Waals surface area contributed by atoms with Gasteiger partial charge >= 0.3 is 0 Å². The molecule has 0 unspecified atom stereocenters. The number of furan rings is 1. The predicted octanol–water partition coefficient (Wildman–Crippen LogP) is 4.36. The zero-order valence-electron chi connectivity index (χ0n) is 14.2. The summed E-state index contributed by atoms with van der Waals surface area (Å²) in [4.78, 5) is 8.48. The fourth-order valence-corrected chi connectivity index (χ4v) is 2.70. The number of benzene rings is 2. The molecule has 2 aromatic carbocycles. The fraction of sp³-hybridized carbons (Fsp3) is 0.105. The van der Waals surface area contributed by atoms with Gasteiger partial charge in [0.1, 0.15) is 17.4 Å². The lowest BCUT2D eigenvalue weighted by Crippen LogP contribution is -2.02. The summed E-state index contributed by atoms with van der Waals surface area (Å²) < 4.78 is 24.6. The molecule has 0 saturated carbocycles. The predicted molar refractivity (Wildman–Crippen MR) is 98.1 cm³/mol. The van der Waals surface area contributed by atoms with E-state index in [9.17, 15) is 4.39 Å². The van der Waals surface area contributed by atoms with Crippen LogP contribution in [0.5, 0.6) is 5.75 Å². The van der Waals surface area contributed by atoms with Crippen LogP contribution in [-0.4, -0.2) is 22.8 Å². The average Bonchev–Trinajstić information content (AvgIpc) is 3.05. The van der Waals surface area contributed by atoms with Gasteiger partial charge in [-0.1, -0.05) is 12.1 Å². The minimum Gasteiger partial charge on any atom is -0.494 e. The monoisotopic (exact) mass is 350 g/mol. The molecule has 4 rings (SSSR count). The van der Waals surface area contributed by atoms with Crippen LogP contribution in [0.3, 0.4) is 0 Å². The molecule has 2 heterocycles. The second kappa shape index (κ2) is 6.44. The van der Waals surface area contributed by atoms with Gasteiger partial charge in [0.2, 0.25) is 0 Å². The summed E-state index contributed by atoms with van der Waals surface area (Å²) in [5.41, 5.74) is 6.06. The Bertz CT molecular complexity index is 1140. The molecule has 4 aromatic rings. The Morgan fingerprint density at radius 3 is 2.85 bits per heavy atom. The molecule has 1 N–H and O–H groups in total. The number of rotatable bonds is 4. The molecular weight excluding hydrogens is 335 g/mol. The standard InChI is InChI=1S/C19H15FN4O2/c1-11(12-7-8-16(25-2)14(20)9-12)23-24-19-18-17(21-10-22-19)13-5-3-4-6-15(13)26-18/h3-10H,1-2H3,(H,21,22,24)/b23-11-. The number of nitrogens with zero attached hydrogens (tertiary/aromatic N) is 3. The molecule has 0 aliphatic rings. The van der Waals surface area contributed by atoms with E-state index in [2.05, 4.69) is 20.5 Å². The van der Waals surface area contributed by atoms with E-state index in [1.807, 2.05) is 24.3 Å². The third kappa shape index (κ3) is 2.73. The Balaban J connectivity index is 1.69. The van der Waals surface area contributed by atoms with Gasteiger partial charge in [0.15, 0.2) is 23.0 Å². The average molecular weight is 350 g/mol. The molecular formula is C19H15FN4O2. The minimum absolute atomic E-state index is 0.189. The molecule has 7 heteroatoms. The van der Waals surface area contributed by atoms with Crippen LogP contribution in [0.15, 0.2) is 58.3 Å². The molecule has 0 bridgehead atoms. The lowest BCUT2D eigenvalue weighted by molar-refractivity contribution is 0.386. The number of fused-ring (bicyclic) bond motifs is 3. The highest BCUT2D eigenvalue weighted by Gasteiger charge is 2.12. The Labute approximate surface area is 148 Å². The quantitative estimate of drug-likeness (QED) is 0.437. The summed E-state index contributed by atoms with van der Waals surface area (Å²) in [7, 11) is 1.42.